The summed E-state index contributed by atoms with van der Waals surface area (Å²) >= 11 is 0. The van der Waals surface area contributed by atoms with Crippen LogP contribution in [0.2, 0.25) is 0 Å². The zero-order valence-electron chi connectivity index (χ0n) is 16.7. The maximum Gasteiger partial charge on any atom is 0.344 e. The monoisotopic (exact) mass is 436 g/mol. The summed E-state index contributed by atoms with van der Waals surface area (Å²) in [6.45, 7) is 1.46. The second-order valence-corrected chi connectivity index (χ2v) is 7.06. The largest absolute Gasteiger partial charge is 0.504 e. The van der Waals surface area contributed by atoms with E-state index in [1.165, 1.54) is 30.3 Å². The number of carbonyl (C=O) groups is 2. The van der Waals surface area contributed by atoms with Crippen molar-refractivity contribution in [2.75, 3.05) is 13.6 Å². The zero-order valence-corrected chi connectivity index (χ0v) is 16.7. The van der Waals surface area contributed by atoms with Crippen molar-refractivity contribution < 1.29 is 43.5 Å². The number of aromatic hydroxyl groups is 1. The summed E-state index contributed by atoms with van der Waals surface area (Å²) < 4.78 is 27.4. The lowest BCUT2D eigenvalue weighted by molar-refractivity contribution is 0.0693. The van der Waals surface area contributed by atoms with Gasteiger partial charge in [-0.1, -0.05) is 12.1 Å². The minimum atomic E-state index is -1.23. The molecule has 0 saturated carbocycles. The van der Waals surface area contributed by atoms with Crippen molar-refractivity contribution in [2.45, 2.75) is 6.92 Å². The van der Waals surface area contributed by atoms with E-state index in [9.17, 15) is 19.8 Å². The number of rotatable bonds is 4. The number of phenols is 1. The summed E-state index contributed by atoms with van der Waals surface area (Å²) in [4.78, 5) is 25.2. The molecule has 0 fully saturated rings. The van der Waals surface area contributed by atoms with E-state index >= 15 is 0 Å². The van der Waals surface area contributed by atoms with Crippen LogP contribution in [0, 0.1) is 6.92 Å². The molecule has 0 unspecified atom stereocenters. The van der Waals surface area contributed by atoms with Crippen LogP contribution in [0.4, 0.5) is 0 Å². The van der Waals surface area contributed by atoms with Gasteiger partial charge in [-0.15, -0.1) is 0 Å². The van der Waals surface area contributed by atoms with Gasteiger partial charge in [-0.05, 0) is 42.8 Å². The van der Waals surface area contributed by atoms with Crippen LogP contribution >= 0.6 is 0 Å². The molecule has 5 rings (SSSR count). The fourth-order valence-corrected chi connectivity index (χ4v) is 3.66. The fraction of sp³-hybridized carbons (Fsp3) is 0.130. The van der Waals surface area contributed by atoms with E-state index in [-0.39, 0.29) is 58.8 Å². The molecule has 0 saturated heterocycles. The van der Waals surface area contributed by atoms with Crippen molar-refractivity contribution in [3.8, 4) is 45.6 Å². The lowest BCUT2D eigenvalue weighted by Crippen LogP contribution is -2.12. The Morgan fingerprint density at radius 1 is 0.844 bits per heavy atom. The first-order chi connectivity index (χ1) is 15.5. The first kappa shape index (κ1) is 19.6. The average Bonchev–Trinajstić information content (AvgIpc) is 3.44. The lowest BCUT2D eigenvalue weighted by Gasteiger charge is -2.16. The maximum atomic E-state index is 13.2. The van der Waals surface area contributed by atoms with Crippen LogP contribution in [-0.4, -0.2) is 35.7 Å². The molecule has 0 bridgehead atoms. The van der Waals surface area contributed by atoms with Crippen LogP contribution in [-0.2, 0) is 0 Å². The summed E-state index contributed by atoms with van der Waals surface area (Å²) in [6, 6.07) is 10.6. The molecule has 0 radical (unpaired) electrons. The topological polar surface area (TPSA) is 121 Å². The molecule has 0 amide bonds. The second-order valence-electron chi connectivity index (χ2n) is 7.06. The third-order valence-electron chi connectivity index (χ3n) is 5.18. The third kappa shape index (κ3) is 3.02. The second kappa shape index (κ2) is 7.38. The molecular formula is C23H16O9. The van der Waals surface area contributed by atoms with Gasteiger partial charge < -0.3 is 33.9 Å². The van der Waals surface area contributed by atoms with Gasteiger partial charge in [0.15, 0.2) is 34.5 Å². The van der Waals surface area contributed by atoms with Crippen molar-refractivity contribution in [3.63, 3.8) is 0 Å². The molecule has 0 aliphatic carbocycles. The highest BCUT2D eigenvalue weighted by molar-refractivity contribution is 6.07. The number of esters is 1. The summed E-state index contributed by atoms with van der Waals surface area (Å²) in [6.07, 6.45) is 0. The maximum absolute atomic E-state index is 13.2. The molecule has 2 N–H and O–H groups in total. The fourth-order valence-electron chi connectivity index (χ4n) is 3.66. The smallest absolute Gasteiger partial charge is 0.344 e. The Morgan fingerprint density at radius 3 is 2.06 bits per heavy atom. The van der Waals surface area contributed by atoms with Crippen LogP contribution < -0.4 is 23.7 Å². The molecule has 0 atom stereocenters. The molecule has 0 spiro atoms. The first-order valence-corrected chi connectivity index (χ1v) is 9.55. The summed E-state index contributed by atoms with van der Waals surface area (Å²) in [5.41, 5.74) is 0.653. The molecule has 9 nitrogen and oxygen atoms in total. The SMILES string of the molecule is Cc1cccc(OC(=O)c2ccc3c(c2-c2c(C(=O)O)ccc4c2OCO4)OCO3)c1O. The highest BCUT2D eigenvalue weighted by Crippen LogP contribution is 2.51. The summed E-state index contributed by atoms with van der Waals surface area (Å²) in [5, 5.41) is 20.1. The van der Waals surface area contributed by atoms with E-state index in [2.05, 4.69) is 0 Å². The van der Waals surface area contributed by atoms with Crippen molar-refractivity contribution in [1.29, 1.82) is 0 Å². The quantitative estimate of drug-likeness (QED) is 0.465. The third-order valence-corrected chi connectivity index (χ3v) is 5.18. The number of carboxylic acid groups (broad SMARTS) is 1. The van der Waals surface area contributed by atoms with E-state index < -0.39 is 11.9 Å². The van der Waals surface area contributed by atoms with Crippen LogP contribution in [0.25, 0.3) is 11.1 Å². The predicted molar refractivity (Wildman–Crippen MR) is 109 cm³/mol. The number of aryl methyl sites for hydroxylation is 1. The number of ether oxygens (including phenoxy) is 5. The van der Waals surface area contributed by atoms with Crippen molar-refractivity contribution in [3.05, 3.63) is 59.2 Å². The standard InChI is InChI=1S/C23H16O9/c1-11-3-2-4-14(19(11)24)32-23(27)13-6-8-16-21(31-10-29-16)18(13)17-12(22(25)26)5-7-15-20(17)30-9-28-15/h2-8,24H,9-10H2,1H3,(H,25,26). The van der Waals surface area contributed by atoms with Gasteiger partial charge in [-0.25, -0.2) is 9.59 Å². The Kier molecular flexibility index (Phi) is 4.51. The van der Waals surface area contributed by atoms with Gasteiger partial charge in [0.05, 0.1) is 11.1 Å². The Morgan fingerprint density at radius 2 is 1.44 bits per heavy atom. The van der Waals surface area contributed by atoms with Gasteiger partial charge in [0.2, 0.25) is 13.6 Å². The number of fused-ring (bicyclic) bond motifs is 2. The normalized spacial score (nSPS) is 13.2. The Hall–Kier alpha value is -4.40. The number of benzene rings is 3. The molecule has 32 heavy (non-hydrogen) atoms. The average molecular weight is 436 g/mol. The number of para-hydroxylation sites is 1. The lowest BCUT2D eigenvalue weighted by atomic mass is 9.92. The number of aromatic carboxylic acids is 1. The molecule has 2 heterocycles. The molecule has 3 aromatic carbocycles. The van der Waals surface area contributed by atoms with E-state index in [1.54, 1.807) is 19.1 Å². The van der Waals surface area contributed by atoms with Crippen LogP contribution in [0.5, 0.6) is 34.5 Å². The molecule has 2 aliphatic heterocycles. The van der Waals surface area contributed by atoms with E-state index in [4.69, 9.17) is 23.7 Å². The van der Waals surface area contributed by atoms with Crippen molar-refractivity contribution >= 4 is 11.9 Å². The van der Waals surface area contributed by atoms with Crippen LogP contribution in [0.15, 0.2) is 42.5 Å². The van der Waals surface area contributed by atoms with Gasteiger partial charge in [0.25, 0.3) is 0 Å². The molecule has 3 aromatic rings. The zero-order chi connectivity index (χ0) is 22.4. The Balaban J connectivity index is 1.72. The van der Waals surface area contributed by atoms with Crippen LogP contribution in [0.3, 0.4) is 0 Å². The molecule has 9 heteroatoms. The predicted octanol–water partition coefficient (Wildman–Crippen LogP) is 3.74. The van der Waals surface area contributed by atoms with E-state index in [0.717, 1.165) is 0 Å². The summed E-state index contributed by atoms with van der Waals surface area (Å²) in [5.74, 6) is -1.25. The minimum absolute atomic E-state index is 0.00144. The summed E-state index contributed by atoms with van der Waals surface area (Å²) in [7, 11) is 0. The number of phenolic OH excluding ortho intramolecular Hbond substituents is 1. The molecule has 0 aromatic heterocycles. The molecular weight excluding hydrogens is 420 g/mol. The molecule has 2 aliphatic rings. The van der Waals surface area contributed by atoms with Crippen LogP contribution in [0.1, 0.15) is 26.3 Å². The molecule has 162 valence electrons. The van der Waals surface area contributed by atoms with Gasteiger partial charge in [0, 0.05) is 11.1 Å². The van der Waals surface area contributed by atoms with Gasteiger partial charge in [0.1, 0.15) is 0 Å². The Labute approximate surface area is 181 Å². The first-order valence-electron chi connectivity index (χ1n) is 9.55. The van der Waals surface area contributed by atoms with E-state index in [1.807, 2.05) is 0 Å². The number of hydrogen-bond acceptors (Lipinski definition) is 8. The highest BCUT2D eigenvalue weighted by atomic mass is 16.7. The van der Waals surface area contributed by atoms with Crippen molar-refractivity contribution in [1.82, 2.24) is 0 Å². The number of hydrogen-bond donors (Lipinski definition) is 2. The number of carbonyl (C=O) groups excluding carboxylic acids is 1. The van der Waals surface area contributed by atoms with Gasteiger partial charge in [-0.2, -0.15) is 0 Å². The number of carboxylic acids is 1. The highest BCUT2D eigenvalue weighted by Gasteiger charge is 2.34. The Bertz CT molecular complexity index is 1280. The van der Waals surface area contributed by atoms with Gasteiger partial charge in [-0.3, -0.25) is 0 Å². The van der Waals surface area contributed by atoms with Crippen molar-refractivity contribution in [2.24, 2.45) is 0 Å². The van der Waals surface area contributed by atoms with E-state index in [0.29, 0.717) is 17.1 Å². The minimum Gasteiger partial charge on any atom is -0.504 e. The van der Waals surface area contributed by atoms with Gasteiger partial charge >= 0.3 is 11.9 Å².